The molecule has 0 bridgehead atoms. The first-order valence-corrected chi connectivity index (χ1v) is 6.21. The molecule has 0 saturated carbocycles. The molecule has 0 aliphatic carbocycles. The zero-order chi connectivity index (χ0) is 14.1. The van der Waals surface area contributed by atoms with Crippen LogP contribution < -0.4 is 5.73 Å². The van der Waals surface area contributed by atoms with Crippen LogP contribution >= 0.6 is 0 Å². The molecule has 3 rings (SSSR count). The van der Waals surface area contributed by atoms with Crippen molar-refractivity contribution in [2.24, 2.45) is 0 Å². The van der Waals surface area contributed by atoms with Gasteiger partial charge >= 0.3 is 0 Å². The number of fused-ring (bicyclic) bond motifs is 1. The molecular formula is C16H12FN3. The highest BCUT2D eigenvalue weighted by atomic mass is 19.1. The molecule has 0 atom stereocenters. The fraction of sp³-hybridized carbons (Fsp3) is 0.0625. The Morgan fingerprint density at radius 1 is 1.20 bits per heavy atom. The highest BCUT2D eigenvalue weighted by Crippen LogP contribution is 2.22. The Hall–Kier alpha value is -2.80. The van der Waals surface area contributed by atoms with Crippen LogP contribution in [0.25, 0.3) is 10.9 Å². The molecule has 0 saturated heterocycles. The molecule has 98 valence electrons. The number of hydrogen-bond donors (Lipinski definition) is 1. The van der Waals surface area contributed by atoms with Gasteiger partial charge in [-0.25, -0.2) is 4.39 Å². The van der Waals surface area contributed by atoms with Crippen molar-refractivity contribution in [3.05, 3.63) is 65.6 Å². The lowest BCUT2D eigenvalue weighted by Gasteiger charge is -2.07. The van der Waals surface area contributed by atoms with Crippen LogP contribution in [0.5, 0.6) is 0 Å². The van der Waals surface area contributed by atoms with E-state index in [1.807, 2.05) is 29.0 Å². The molecule has 0 aliphatic heterocycles. The minimum atomic E-state index is -0.316. The van der Waals surface area contributed by atoms with E-state index in [0.717, 1.165) is 10.9 Å². The number of nitrogens with two attached hydrogens (primary N) is 1. The fourth-order valence-corrected chi connectivity index (χ4v) is 2.33. The number of nitrogens with zero attached hydrogens (tertiary/aromatic N) is 2. The van der Waals surface area contributed by atoms with Crippen LogP contribution in [-0.2, 0) is 6.54 Å². The second-order valence-corrected chi connectivity index (χ2v) is 4.64. The van der Waals surface area contributed by atoms with Crippen molar-refractivity contribution in [2.75, 3.05) is 5.73 Å². The number of anilines is 1. The molecule has 4 heteroatoms. The zero-order valence-electron chi connectivity index (χ0n) is 10.7. The minimum Gasteiger partial charge on any atom is -0.399 e. The smallest absolute Gasteiger partial charge is 0.130 e. The summed E-state index contributed by atoms with van der Waals surface area (Å²) in [5, 5.41) is 9.96. The predicted molar refractivity (Wildman–Crippen MR) is 76.6 cm³/mol. The van der Waals surface area contributed by atoms with Crippen LogP contribution in [0.2, 0.25) is 0 Å². The summed E-state index contributed by atoms with van der Waals surface area (Å²) >= 11 is 0. The Labute approximate surface area is 115 Å². The molecule has 2 N–H and O–H groups in total. The third-order valence-corrected chi connectivity index (χ3v) is 3.35. The molecule has 20 heavy (non-hydrogen) atoms. The molecule has 1 aromatic heterocycles. The van der Waals surface area contributed by atoms with Crippen molar-refractivity contribution in [3.8, 4) is 6.07 Å². The van der Waals surface area contributed by atoms with Gasteiger partial charge in [0, 0.05) is 28.4 Å². The van der Waals surface area contributed by atoms with E-state index in [-0.39, 0.29) is 5.82 Å². The maximum Gasteiger partial charge on any atom is 0.130 e. The Morgan fingerprint density at radius 3 is 2.80 bits per heavy atom. The molecule has 3 aromatic rings. The zero-order valence-corrected chi connectivity index (χ0v) is 10.7. The predicted octanol–water partition coefficient (Wildman–Crippen LogP) is 3.28. The summed E-state index contributed by atoms with van der Waals surface area (Å²) in [7, 11) is 0. The van der Waals surface area contributed by atoms with Gasteiger partial charge in [-0.05, 0) is 30.3 Å². The topological polar surface area (TPSA) is 54.7 Å². The van der Waals surface area contributed by atoms with Crippen LogP contribution in [0.15, 0.2) is 48.7 Å². The van der Waals surface area contributed by atoms with E-state index in [9.17, 15) is 4.39 Å². The number of halogens is 1. The molecule has 0 amide bonds. The van der Waals surface area contributed by atoms with E-state index in [0.29, 0.717) is 23.4 Å². The molecule has 1 heterocycles. The number of aromatic nitrogens is 1. The number of hydrogen-bond acceptors (Lipinski definition) is 2. The molecule has 0 radical (unpaired) electrons. The SMILES string of the molecule is N#Cc1cccc2c1ccn2Cc1ccc(N)cc1F. The third kappa shape index (κ3) is 1.99. The lowest BCUT2D eigenvalue weighted by Crippen LogP contribution is -2.01. The Morgan fingerprint density at radius 2 is 2.05 bits per heavy atom. The van der Waals surface area contributed by atoms with Crippen LogP contribution in [0, 0.1) is 17.1 Å². The lowest BCUT2D eigenvalue weighted by molar-refractivity contribution is 0.603. The van der Waals surface area contributed by atoms with Gasteiger partial charge in [0.2, 0.25) is 0 Å². The molecule has 0 aliphatic rings. The number of benzene rings is 2. The summed E-state index contributed by atoms with van der Waals surface area (Å²) in [4.78, 5) is 0. The largest absolute Gasteiger partial charge is 0.399 e. The van der Waals surface area contributed by atoms with Crippen molar-refractivity contribution >= 4 is 16.6 Å². The van der Waals surface area contributed by atoms with Crippen LogP contribution in [-0.4, -0.2) is 4.57 Å². The van der Waals surface area contributed by atoms with Gasteiger partial charge in [0.25, 0.3) is 0 Å². The first-order chi connectivity index (χ1) is 9.69. The average Bonchev–Trinajstić information content (AvgIpc) is 2.85. The van der Waals surface area contributed by atoms with E-state index in [1.165, 1.54) is 6.07 Å². The second kappa shape index (κ2) is 4.71. The van der Waals surface area contributed by atoms with Gasteiger partial charge in [0.15, 0.2) is 0 Å². The summed E-state index contributed by atoms with van der Waals surface area (Å²) < 4.78 is 15.8. The van der Waals surface area contributed by atoms with Crippen LogP contribution in [0.4, 0.5) is 10.1 Å². The van der Waals surface area contributed by atoms with E-state index in [1.54, 1.807) is 18.2 Å². The Balaban J connectivity index is 2.06. The summed E-state index contributed by atoms with van der Waals surface area (Å²) in [5.41, 5.74) is 8.07. The molecule has 0 spiro atoms. The van der Waals surface area contributed by atoms with Crippen molar-refractivity contribution in [1.82, 2.24) is 4.57 Å². The quantitative estimate of drug-likeness (QED) is 0.723. The standard InChI is InChI=1S/C16H12FN3/c17-15-8-13(19)5-4-12(15)10-20-7-6-14-11(9-18)2-1-3-16(14)20/h1-8H,10,19H2. The van der Waals surface area contributed by atoms with Crippen molar-refractivity contribution in [2.45, 2.75) is 6.54 Å². The van der Waals surface area contributed by atoms with Gasteiger partial charge < -0.3 is 10.3 Å². The van der Waals surface area contributed by atoms with E-state index >= 15 is 0 Å². The molecule has 0 unspecified atom stereocenters. The van der Waals surface area contributed by atoms with Crippen LogP contribution in [0.3, 0.4) is 0 Å². The lowest BCUT2D eigenvalue weighted by atomic mass is 10.1. The number of nitriles is 1. The van der Waals surface area contributed by atoms with E-state index < -0.39 is 0 Å². The van der Waals surface area contributed by atoms with Gasteiger partial charge in [-0.15, -0.1) is 0 Å². The maximum atomic E-state index is 13.8. The maximum absolute atomic E-state index is 13.8. The van der Waals surface area contributed by atoms with Crippen molar-refractivity contribution in [3.63, 3.8) is 0 Å². The van der Waals surface area contributed by atoms with Gasteiger partial charge in [0.05, 0.1) is 18.2 Å². The summed E-state index contributed by atoms with van der Waals surface area (Å²) in [6.45, 7) is 0.407. The first kappa shape index (κ1) is 12.2. The van der Waals surface area contributed by atoms with Crippen LogP contribution in [0.1, 0.15) is 11.1 Å². The fourth-order valence-electron chi connectivity index (χ4n) is 2.33. The first-order valence-electron chi connectivity index (χ1n) is 6.21. The monoisotopic (exact) mass is 265 g/mol. The highest BCUT2D eigenvalue weighted by Gasteiger charge is 2.08. The summed E-state index contributed by atoms with van der Waals surface area (Å²) in [5.74, 6) is -0.316. The molecule has 2 aromatic carbocycles. The van der Waals surface area contributed by atoms with E-state index in [2.05, 4.69) is 6.07 Å². The van der Waals surface area contributed by atoms with Gasteiger partial charge in [-0.1, -0.05) is 12.1 Å². The number of nitrogen functional groups attached to an aromatic ring is 1. The van der Waals surface area contributed by atoms with Gasteiger partial charge in [-0.2, -0.15) is 5.26 Å². The summed E-state index contributed by atoms with van der Waals surface area (Å²) in [6, 6.07) is 14.3. The average molecular weight is 265 g/mol. The van der Waals surface area contributed by atoms with Gasteiger partial charge in [-0.3, -0.25) is 0 Å². The van der Waals surface area contributed by atoms with E-state index in [4.69, 9.17) is 11.0 Å². The summed E-state index contributed by atoms with van der Waals surface area (Å²) in [6.07, 6.45) is 1.86. The van der Waals surface area contributed by atoms with Crippen molar-refractivity contribution in [1.29, 1.82) is 5.26 Å². The van der Waals surface area contributed by atoms with Gasteiger partial charge in [0.1, 0.15) is 5.82 Å². The normalized spacial score (nSPS) is 10.6. The van der Waals surface area contributed by atoms with Crippen molar-refractivity contribution < 1.29 is 4.39 Å². The Bertz CT molecular complexity index is 827. The molecule has 0 fully saturated rings. The highest BCUT2D eigenvalue weighted by molar-refractivity contribution is 5.86. The minimum absolute atomic E-state index is 0.316. The molecular weight excluding hydrogens is 253 g/mol. The second-order valence-electron chi connectivity index (χ2n) is 4.64. The number of rotatable bonds is 2. The molecule has 3 nitrogen and oxygen atoms in total. The third-order valence-electron chi connectivity index (χ3n) is 3.35. The Kier molecular flexibility index (Phi) is 2.88.